The number of rotatable bonds is 5. The minimum Gasteiger partial charge on any atom is -0.361 e. The molecule has 3 aromatic rings. The average molecular weight is 360 g/mol. The Morgan fingerprint density at radius 1 is 1.44 bits per heavy atom. The summed E-state index contributed by atoms with van der Waals surface area (Å²) < 4.78 is 20.7. The zero-order chi connectivity index (χ0) is 18.0. The lowest BCUT2D eigenvalue weighted by Crippen LogP contribution is -2.15. The molecule has 0 fully saturated rings. The van der Waals surface area contributed by atoms with Gasteiger partial charge >= 0.3 is 0 Å². The SMILES string of the molecule is CCc1noc(C)c1C(=O)Nc1cc(F)ccc1Sc1nccn1C. The number of anilines is 1. The van der Waals surface area contributed by atoms with Crippen molar-refractivity contribution in [3.8, 4) is 0 Å². The fourth-order valence-corrected chi connectivity index (χ4v) is 3.24. The minimum atomic E-state index is -0.433. The van der Waals surface area contributed by atoms with Crippen LogP contribution in [0.15, 0.2) is 45.2 Å². The lowest BCUT2D eigenvalue weighted by molar-refractivity contribution is 0.102. The van der Waals surface area contributed by atoms with Crippen molar-refractivity contribution in [1.29, 1.82) is 0 Å². The second kappa shape index (κ2) is 7.10. The predicted molar refractivity (Wildman–Crippen MR) is 92.3 cm³/mol. The number of halogens is 1. The highest BCUT2D eigenvalue weighted by atomic mass is 32.2. The van der Waals surface area contributed by atoms with Crippen molar-refractivity contribution in [2.75, 3.05) is 5.32 Å². The number of amides is 1. The summed E-state index contributed by atoms with van der Waals surface area (Å²) in [5.74, 6) is -0.371. The molecule has 2 heterocycles. The lowest BCUT2D eigenvalue weighted by atomic mass is 10.1. The maximum atomic E-state index is 13.7. The number of nitrogens with zero attached hydrogens (tertiary/aromatic N) is 3. The largest absolute Gasteiger partial charge is 0.361 e. The van der Waals surface area contributed by atoms with E-state index >= 15 is 0 Å². The molecule has 8 heteroatoms. The van der Waals surface area contributed by atoms with Crippen LogP contribution < -0.4 is 5.32 Å². The molecule has 6 nitrogen and oxygen atoms in total. The van der Waals surface area contributed by atoms with Crippen LogP contribution in [0.1, 0.15) is 28.7 Å². The lowest BCUT2D eigenvalue weighted by Gasteiger charge is -2.11. The minimum absolute atomic E-state index is 0.372. The summed E-state index contributed by atoms with van der Waals surface area (Å²) in [4.78, 5) is 17.6. The van der Waals surface area contributed by atoms with Gasteiger partial charge in [0.1, 0.15) is 17.1 Å². The molecule has 0 radical (unpaired) electrons. The Kier molecular flexibility index (Phi) is 4.89. The molecule has 0 bridgehead atoms. The molecule has 0 saturated heterocycles. The predicted octanol–water partition coefficient (Wildman–Crippen LogP) is 3.82. The third-order valence-corrected chi connectivity index (χ3v) is 4.82. The third-order valence-electron chi connectivity index (χ3n) is 3.66. The van der Waals surface area contributed by atoms with Crippen molar-refractivity contribution in [3.63, 3.8) is 0 Å². The van der Waals surface area contributed by atoms with E-state index in [9.17, 15) is 9.18 Å². The number of carbonyl (C=O) groups excluding carboxylic acids is 1. The molecule has 0 spiro atoms. The molecule has 2 aromatic heterocycles. The molecule has 0 saturated carbocycles. The second-order valence-electron chi connectivity index (χ2n) is 5.43. The van der Waals surface area contributed by atoms with Crippen molar-refractivity contribution >= 4 is 23.4 Å². The summed E-state index contributed by atoms with van der Waals surface area (Å²) in [7, 11) is 1.87. The van der Waals surface area contributed by atoms with Crippen LogP contribution in [-0.4, -0.2) is 20.6 Å². The van der Waals surface area contributed by atoms with E-state index in [-0.39, 0.29) is 5.91 Å². The number of imidazole rings is 1. The Hall–Kier alpha value is -2.61. The zero-order valence-electron chi connectivity index (χ0n) is 14.0. The van der Waals surface area contributed by atoms with E-state index in [1.54, 1.807) is 19.2 Å². The van der Waals surface area contributed by atoms with E-state index in [4.69, 9.17) is 4.52 Å². The molecular weight excluding hydrogens is 343 g/mol. The van der Waals surface area contributed by atoms with Crippen LogP contribution in [0.2, 0.25) is 0 Å². The first-order valence-electron chi connectivity index (χ1n) is 7.70. The molecule has 1 N–H and O–H groups in total. The van der Waals surface area contributed by atoms with Crippen LogP contribution in [0.3, 0.4) is 0 Å². The van der Waals surface area contributed by atoms with Gasteiger partial charge in [0.15, 0.2) is 5.16 Å². The van der Waals surface area contributed by atoms with Gasteiger partial charge in [-0.25, -0.2) is 9.37 Å². The molecule has 3 rings (SSSR count). The summed E-state index contributed by atoms with van der Waals surface area (Å²) in [6.07, 6.45) is 4.06. The number of hydrogen-bond donors (Lipinski definition) is 1. The Labute approximate surface area is 148 Å². The van der Waals surface area contributed by atoms with Gasteiger partial charge in [0.2, 0.25) is 0 Å². The van der Waals surface area contributed by atoms with Crippen molar-refractivity contribution in [3.05, 3.63) is 53.4 Å². The zero-order valence-corrected chi connectivity index (χ0v) is 14.9. The van der Waals surface area contributed by atoms with Crippen molar-refractivity contribution in [2.24, 2.45) is 7.05 Å². The van der Waals surface area contributed by atoms with E-state index in [1.807, 2.05) is 24.7 Å². The van der Waals surface area contributed by atoms with Crippen molar-refractivity contribution in [1.82, 2.24) is 14.7 Å². The topological polar surface area (TPSA) is 73.0 Å². The fourth-order valence-electron chi connectivity index (χ4n) is 2.37. The molecule has 130 valence electrons. The smallest absolute Gasteiger partial charge is 0.261 e. The van der Waals surface area contributed by atoms with Gasteiger partial charge in [0, 0.05) is 24.3 Å². The normalized spacial score (nSPS) is 10.9. The van der Waals surface area contributed by atoms with Gasteiger partial charge in [-0.15, -0.1) is 0 Å². The maximum absolute atomic E-state index is 13.7. The highest BCUT2D eigenvalue weighted by molar-refractivity contribution is 7.99. The third kappa shape index (κ3) is 3.58. The number of aromatic nitrogens is 3. The highest BCUT2D eigenvalue weighted by Gasteiger charge is 2.20. The quantitative estimate of drug-likeness (QED) is 0.749. The number of aryl methyl sites for hydroxylation is 3. The summed E-state index contributed by atoms with van der Waals surface area (Å²) in [5.41, 5.74) is 1.34. The van der Waals surface area contributed by atoms with Gasteiger partial charge in [-0.05, 0) is 43.3 Å². The Morgan fingerprint density at radius 2 is 2.24 bits per heavy atom. The Bertz CT molecular complexity index is 919. The highest BCUT2D eigenvalue weighted by Crippen LogP contribution is 2.33. The van der Waals surface area contributed by atoms with Crippen molar-refractivity contribution in [2.45, 2.75) is 30.3 Å². The first-order chi connectivity index (χ1) is 12.0. The average Bonchev–Trinajstić information content (AvgIpc) is 3.15. The van der Waals surface area contributed by atoms with E-state index in [2.05, 4.69) is 15.5 Å². The van der Waals surface area contributed by atoms with Gasteiger partial charge in [0.25, 0.3) is 5.91 Å². The van der Waals surface area contributed by atoms with Gasteiger partial charge in [-0.3, -0.25) is 4.79 Å². The van der Waals surface area contributed by atoms with E-state index < -0.39 is 5.82 Å². The monoisotopic (exact) mass is 360 g/mol. The molecule has 0 aliphatic heterocycles. The summed E-state index contributed by atoms with van der Waals surface area (Å²) >= 11 is 1.34. The van der Waals surface area contributed by atoms with Crippen LogP contribution >= 0.6 is 11.8 Å². The van der Waals surface area contributed by atoms with Gasteiger partial charge in [0.05, 0.1) is 11.4 Å². The molecule has 0 unspecified atom stereocenters. The summed E-state index contributed by atoms with van der Waals surface area (Å²) in [6.45, 7) is 3.56. The van der Waals surface area contributed by atoms with Crippen molar-refractivity contribution < 1.29 is 13.7 Å². The summed E-state index contributed by atoms with van der Waals surface area (Å²) in [5, 5.41) is 7.38. The molecule has 1 amide bonds. The summed E-state index contributed by atoms with van der Waals surface area (Å²) in [6, 6.07) is 4.26. The van der Waals surface area contributed by atoms with Crippen LogP contribution in [0.25, 0.3) is 0 Å². The molecule has 0 aliphatic rings. The molecule has 25 heavy (non-hydrogen) atoms. The first kappa shape index (κ1) is 17.2. The standard InChI is InChI=1S/C17H17FN4O2S/c1-4-12-15(10(2)24-21-12)16(23)20-13-9-11(18)5-6-14(13)25-17-19-7-8-22(17)3/h5-9H,4H2,1-3H3,(H,20,23). The Morgan fingerprint density at radius 3 is 2.92 bits per heavy atom. The number of benzene rings is 1. The van der Waals surface area contributed by atoms with Crippen LogP contribution in [0, 0.1) is 12.7 Å². The van der Waals surface area contributed by atoms with Crippen LogP contribution in [0.5, 0.6) is 0 Å². The number of carbonyl (C=O) groups is 1. The van der Waals surface area contributed by atoms with Crippen LogP contribution in [-0.2, 0) is 13.5 Å². The van der Waals surface area contributed by atoms with Gasteiger partial charge < -0.3 is 14.4 Å². The van der Waals surface area contributed by atoms with Gasteiger partial charge in [-0.1, -0.05) is 12.1 Å². The second-order valence-corrected chi connectivity index (χ2v) is 6.44. The van der Waals surface area contributed by atoms with Gasteiger partial charge in [-0.2, -0.15) is 0 Å². The van der Waals surface area contributed by atoms with Crippen LogP contribution in [0.4, 0.5) is 10.1 Å². The Balaban J connectivity index is 1.91. The molecule has 1 aromatic carbocycles. The first-order valence-corrected chi connectivity index (χ1v) is 8.52. The van der Waals surface area contributed by atoms with E-state index in [0.717, 1.165) is 5.16 Å². The fraction of sp³-hybridized carbons (Fsp3) is 0.235. The molecule has 0 aliphatic carbocycles. The molecule has 0 atom stereocenters. The number of nitrogens with one attached hydrogen (secondary N) is 1. The van der Waals surface area contributed by atoms with E-state index in [1.165, 1.54) is 23.9 Å². The number of hydrogen-bond acceptors (Lipinski definition) is 5. The maximum Gasteiger partial charge on any atom is 0.261 e. The van der Waals surface area contributed by atoms with E-state index in [0.29, 0.717) is 34.0 Å². The molecular formula is C17H17FN4O2S.